The van der Waals surface area contributed by atoms with Gasteiger partial charge in [-0.1, -0.05) is 237 Å². The van der Waals surface area contributed by atoms with Crippen molar-refractivity contribution in [3.8, 4) is 83.8 Å². The van der Waals surface area contributed by atoms with Crippen LogP contribution in [0.4, 0.5) is 0 Å². The minimum atomic E-state index is -3.26. The molecule has 0 radical (unpaired) electrons. The van der Waals surface area contributed by atoms with E-state index in [0.717, 1.165) is 44.9 Å². The van der Waals surface area contributed by atoms with E-state index >= 15 is 0 Å². The lowest BCUT2D eigenvalue weighted by molar-refractivity contribution is 0.968. The van der Waals surface area contributed by atoms with Crippen LogP contribution in [0.3, 0.4) is 0 Å². The van der Waals surface area contributed by atoms with Crippen molar-refractivity contribution < 1.29 is 0 Å². The van der Waals surface area contributed by atoms with Crippen molar-refractivity contribution in [2.75, 3.05) is 0 Å². The molecule has 3 aromatic heterocycles. The van der Waals surface area contributed by atoms with Gasteiger partial charge in [0.25, 0.3) is 0 Å². The third-order valence-electron chi connectivity index (χ3n) is 16.0. The zero-order chi connectivity index (χ0) is 53.3. The second-order valence-corrected chi connectivity index (χ2v) is 24.2. The molecule has 0 saturated carbocycles. The van der Waals surface area contributed by atoms with Crippen molar-refractivity contribution in [2.45, 2.75) is 20.8 Å². The van der Waals surface area contributed by atoms with Gasteiger partial charge in [-0.25, -0.2) is 0 Å². The minimum Gasteiger partial charge on any atom is -0.323 e. The molecule has 0 bridgehead atoms. The van der Waals surface area contributed by atoms with Gasteiger partial charge in [-0.15, -0.1) is 0 Å². The zero-order valence-corrected chi connectivity index (χ0v) is 45.7. The summed E-state index contributed by atoms with van der Waals surface area (Å²) in [4.78, 5) is 0. The summed E-state index contributed by atoms with van der Waals surface area (Å²) >= 11 is 0. The summed E-state index contributed by atoms with van der Waals surface area (Å²) in [5.41, 5.74) is 21.0. The lowest BCUT2D eigenvalue weighted by Crippen LogP contribution is -2.76. The number of para-hydroxylation sites is 3. The normalized spacial score (nSPS) is 11.5. The molecule has 10 aromatic carbocycles. The van der Waals surface area contributed by atoms with E-state index in [4.69, 9.17) is 0 Å². The fourth-order valence-electron chi connectivity index (χ4n) is 12.6. The maximum absolute atomic E-state index is 3.26. The summed E-state index contributed by atoms with van der Waals surface area (Å²) in [6.45, 7) is 6.86. The molecule has 13 aromatic rings. The maximum Gasteiger partial charge on any atom is 0.200 e. The van der Waals surface area contributed by atoms with E-state index in [2.05, 4.69) is 338 Å². The smallest absolute Gasteiger partial charge is 0.200 e. The minimum absolute atomic E-state index is 1.11. The van der Waals surface area contributed by atoms with Crippen LogP contribution in [0.1, 0.15) is 17.1 Å². The van der Waals surface area contributed by atoms with Crippen molar-refractivity contribution in [3.05, 3.63) is 321 Å². The summed E-state index contributed by atoms with van der Waals surface area (Å²) in [7, 11) is -3.26. The monoisotopic (exact) mass is 1030 g/mol. The van der Waals surface area contributed by atoms with Crippen LogP contribution in [0.2, 0.25) is 0 Å². The van der Waals surface area contributed by atoms with Gasteiger partial charge >= 0.3 is 0 Å². The predicted octanol–water partition coefficient (Wildman–Crippen LogP) is 16.4. The standard InChI is InChI=1S/C75H59N3Si/c1-54-71(57-31-13-4-14-32-57)69(52-76(54)63-37-19-7-20-38-63)60-49-61(51-62(50-60)73-56(3)78(65-41-23-9-24-42-65)55(2)72(73)58-33-15-5-16-34-58)70-53-77(64-39-21-8-22-40-64)75(74(70)59-35-17-6-18-36-59)79(66-43-25-10-26-44-66,67-45-27-11-28-46-67)68-47-29-12-30-48-68/h4-53H,1-3H3. The van der Waals surface area contributed by atoms with E-state index in [9.17, 15) is 0 Å². The van der Waals surface area contributed by atoms with Crippen LogP contribution < -0.4 is 20.9 Å². The highest BCUT2D eigenvalue weighted by atomic mass is 28.3. The van der Waals surface area contributed by atoms with Crippen molar-refractivity contribution in [2.24, 2.45) is 0 Å². The molecule has 0 aliphatic heterocycles. The highest BCUT2D eigenvalue weighted by Crippen LogP contribution is 2.47. The molecule has 0 atom stereocenters. The topological polar surface area (TPSA) is 14.8 Å². The molecule has 0 amide bonds. The average molecular weight is 1030 g/mol. The molecule has 3 nitrogen and oxygen atoms in total. The average Bonchev–Trinajstić information content (AvgIpc) is 4.40. The molecule has 378 valence electrons. The Morgan fingerprint density at radius 1 is 0.253 bits per heavy atom. The van der Waals surface area contributed by atoms with Crippen LogP contribution in [0.25, 0.3) is 83.8 Å². The van der Waals surface area contributed by atoms with E-state index in [0.29, 0.717) is 0 Å². The molecular formula is C75H59N3Si. The van der Waals surface area contributed by atoms with Gasteiger partial charge in [0, 0.05) is 85.2 Å². The van der Waals surface area contributed by atoms with Gasteiger partial charge in [0.15, 0.2) is 8.07 Å². The van der Waals surface area contributed by atoms with Gasteiger partial charge in [-0.2, -0.15) is 0 Å². The number of nitrogens with zero attached hydrogens (tertiary/aromatic N) is 3. The molecule has 0 N–H and O–H groups in total. The van der Waals surface area contributed by atoms with E-state index in [-0.39, 0.29) is 0 Å². The molecule has 0 unspecified atom stereocenters. The summed E-state index contributed by atoms with van der Waals surface area (Å²) in [5, 5.41) is 5.23. The number of hydrogen-bond acceptors (Lipinski definition) is 0. The Kier molecular flexibility index (Phi) is 13.0. The molecule has 0 saturated heterocycles. The first-order chi connectivity index (χ1) is 39.0. The molecule has 0 spiro atoms. The summed E-state index contributed by atoms with van der Waals surface area (Å²) in [6.07, 6.45) is 4.84. The third kappa shape index (κ3) is 8.64. The summed E-state index contributed by atoms with van der Waals surface area (Å²) < 4.78 is 7.39. The third-order valence-corrected chi connectivity index (χ3v) is 20.8. The van der Waals surface area contributed by atoms with Gasteiger partial charge in [0.2, 0.25) is 0 Å². The van der Waals surface area contributed by atoms with E-state index in [1.165, 1.54) is 76.9 Å². The number of aromatic nitrogens is 3. The van der Waals surface area contributed by atoms with Crippen LogP contribution in [0.5, 0.6) is 0 Å². The molecule has 0 aliphatic carbocycles. The fraction of sp³-hybridized carbons (Fsp3) is 0.0400. The van der Waals surface area contributed by atoms with Crippen LogP contribution >= 0.6 is 0 Å². The molecule has 79 heavy (non-hydrogen) atoms. The van der Waals surface area contributed by atoms with Crippen LogP contribution in [-0.2, 0) is 0 Å². The highest BCUT2D eigenvalue weighted by molar-refractivity contribution is 7.20. The number of rotatable bonds is 13. The van der Waals surface area contributed by atoms with Crippen LogP contribution in [-0.4, -0.2) is 21.8 Å². The first-order valence-electron chi connectivity index (χ1n) is 27.3. The second kappa shape index (κ2) is 21.0. The lowest BCUT2D eigenvalue weighted by atomic mass is 9.88. The maximum atomic E-state index is 2.56. The fourth-order valence-corrected chi connectivity index (χ4v) is 17.7. The molecule has 3 heterocycles. The predicted molar refractivity (Wildman–Crippen MR) is 335 cm³/mol. The van der Waals surface area contributed by atoms with E-state index < -0.39 is 8.07 Å². The summed E-state index contributed by atoms with van der Waals surface area (Å²) in [6, 6.07) is 107. The Morgan fingerprint density at radius 3 is 0.987 bits per heavy atom. The Bertz CT molecular complexity index is 4110. The van der Waals surface area contributed by atoms with Gasteiger partial charge in [0.05, 0.1) is 0 Å². The first kappa shape index (κ1) is 48.9. The van der Waals surface area contributed by atoms with Crippen molar-refractivity contribution in [1.82, 2.24) is 13.7 Å². The number of hydrogen-bond donors (Lipinski definition) is 0. The van der Waals surface area contributed by atoms with E-state index in [1.807, 2.05) is 0 Å². The first-order valence-corrected chi connectivity index (χ1v) is 29.3. The largest absolute Gasteiger partial charge is 0.323 e. The van der Waals surface area contributed by atoms with Crippen molar-refractivity contribution in [3.63, 3.8) is 0 Å². The van der Waals surface area contributed by atoms with Gasteiger partial charge in [0.1, 0.15) is 0 Å². The van der Waals surface area contributed by atoms with Crippen LogP contribution in [0.15, 0.2) is 304 Å². The lowest BCUT2D eigenvalue weighted by Gasteiger charge is -2.36. The summed E-state index contributed by atoms with van der Waals surface area (Å²) in [5.74, 6) is 0. The Hall–Kier alpha value is -9.74. The molecule has 0 aliphatic rings. The molecule has 4 heteroatoms. The molecule has 0 fully saturated rings. The SMILES string of the molecule is Cc1c(-c2ccccc2)c(-c2cc(-c3cn(-c4ccccc4)c([Si](c4ccccc4)(c4ccccc4)c4ccccc4)c3-c3ccccc3)cc(-c3c(-c4ccccc4)c(C)n(-c4ccccc4)c3C)c2)cn1-c1ccccc1. The van der Waals surface area contributed by atoms with Gasteiger partial charge < -0.3 is 13.7 Å². The Balaban J connectivity index is 1.22. The van der Waals surface area contributed by atoms with E-state index in [1.54, 1.807) is 0 Å². The molecule has 13 rings (SSSR count). The van der Waals surface area contributed by atoms with Crippen LogP contribution in [0, 0.1) is 20.8 Å². The highest BCUT2D eigenvalue weighted by Gasteiger charge is 2.47. The van der Waals surface area contributed by atoms with Gasteiger partial charge in [-0.05, 0) is 124 Å². The quantitative estimate of drug-likeness (QED) is 0.0808. The van der Waals surface area contributed by atoms with Crippen molar-refractivity contribution >= 4 is 29.0 Å². The van der Waals surface area contributed by atoms with Crippen molar-refractivity contribution in [1.29, 1.82) is 0 Å². The zero-order valence-electron chi connectivity index (χ0n) is 44.7. The Labute approximate surface area is 465 Å². The Morgan fingerprint density at radius 2 is 0.557 bits per heavy atom. The second-order valence-electron chi connectivity index (χ2n) is 20.5. The van der Waals surface area contributed by atoms with Gasteiger partial charge in [-0.3, -0.25) is 0 Å². The number of benzene rings is 10. The molecular weight excluding hydrogens is 971 g/mol.